The average Bonchev–Trinajstić information content (AvgIpc) is 2.82. The third kappa shape index (κ3) is 3.31. The number of hydrogen-bond acceptors (Lipinski definition) is 4. The Bertz CT molecular complexity index is 547. The van der Waals surface area contributed by atoms with E-state index in [0.29, 0.717) is 29.1 Å². The average molecular weight is 355 g/mol. The van der Waals surface area contributed by atoms with Gasteiger partial charge in [-0.2, -0.15) is 5.10 Å². The zero-order chi connectivity index (χ0) is 14.8. The van der Waals surface area contributed by atoms with Crippen molar-refractivity contribution in [3.63, 3.8) is 0 Å². The van der Waals surface area contributed by atoms with Gasteiger partial charge in [-0.1, -0.05) is 13.3 Å². The third-order valence-corrected chi connectivity index (χ3v) is 5.31. The predicted molar refractivity (Wildman–Crippen MR) is 87.7 cm³/mol. The molecule has 0 amide bonds. The van der Waals surface area contributed by atoms with Crippen LogP contribution in [-0.4, -0.2) is 27.9 Å². The third-order valence-electron chi connectivity index (χ3n) is 4.54. The van der Waals surface area contributed by atoms with Gasteiger partial charge in [0.1, 0.15) is 4.47 Å². The first-order valence-electron chi connectivity index (χ1n) is 7.95. The van der Waals surface area contributed by atoms with Crippen molar-refractivity contribution in [2.45, 2.75) is 70.1 Å². The zero-order valence-corrected chi connectivity index (χ0v) is 14.0. The second kappa shape index (κ2) is 6.48. The molecule has 0 aliphatic carbocycles. The van der Waals surface area contributed by atoms with E-state index in [2.05, 4.69) is 38.6 Å². The summed E-state index contributed by atoms with van der Waals surface area (Å²) in [6.45, 7) is 2.80. The molecular weight excluding hydrogens is 332 g/mol. The lowest BCUT2D eigenvalue weighted by Crippen LogP contribution is -2.43. The summed E-state index contributed by atoms with van der Waals surface area (Å²) in [6.07, 6.45) is 8.63. The van der Waals surface area contributed by atoms with Gasteiger partial charge >= 0.3 is 0 Å². The number of hydrogen-bond donors (Lipinski definition) is 2. The first-order valence-corrected chi connectivity index (χ1v) is 8.75. The van der Waals surface area contributed by atoms with E-state index in [-0.39, 0.29) is 5.56 Å². The Hall–Kier alpha value is -0.880. The monoisotopic (exact) mass is 354 g/mol. The lowest BCUT2D eigenvalue weighted by atomic mass is 10.00. The molecule has 2 N–H and O–H groups in total. The van der Waals surface area contributed by atoms with Crippen molar-refractivity contribution in [2.75, 3.05) is 5.32 Å². The van der Waals surface area contributed by atoms with Crippen LogP contribution in [0.25, 0.3) is 0 Å². The molecule has 0 spiro atoms. The Kier molecular flexibility index (Phi) is 4.64. The molecular formula is C15H23BrN4O. The quantitative estimate of drug-likeness (QED) is 0.852. The van der Waals surface area contributed by atoms with Gasteiger partial charge in [0.2, 0.25) is 0 Å². The molecule has 0 saturated carbocycles. The van der Waals surface area contributed by atoms with E-state index < -0.39 is 0 Å². The fourth-order valence-corrected chi connectivity index (χ4v) is 3.85. The molecule has 116 valence electrons. The minimum atomic E-state index is -0.0367. The number of unbranched alkanes of at least 4 members (excludes halogenated alkanes) is 1. The van der Waals surface area contributed by atoms with Gasteiger partial charge in [-0.05, 0) is 48.0 Å². The number of aromatic nitrogens is 2. The van der Waals surface area contributed by atoms with Crippen LogP contribution in [0.15, 0.2) is 15.5 Å². The number of aryl methyl sites for hydroxylation is 1. The molecule has 1 aromatic heterocycles. The van der Waals surface area contributed by atoms with Gasteiger partial charge in [-0.15, -0.1) is 0 Å². The fraction of sp³-hybridized carbons (Fsp3) is 0.733. The van der Waals surface area contributed by atoms with Gasteiger partial charge in [0.25, 0.3) is 5.56 Å². The maximum Gasteiger partial charge on any atom is 0.283 e. The Labute approximate surface area is 133 Å². The summed E-state index contributed by atoms with van der Waals surface area (Å²) in [6, 6.07) is 1.71. The second-order valence-corrected chi connectivity index (χ2v) is 7.00. The van der Waals surface area contributed by atoms with Gasteiger partial charge in [0.15, 0.2) is 0 Å². The maximum absolute atomic E-state index is 12.3. The van der Waals surface area contributed by atoms with Crippen molar-refractivity contribution in [2.24, 2.45) is 0 Å². The van der Waals surface area contributed by atoms with Crippen LogP contribution in [0.4, 0.5) is 5.69 Å². The molecule has 2 saturated heterocycles. The number of piperidine rings is 1. The lowest BCUT2D eigenvalue weighted by molar-refractivity contribution is 0.378. The van der Waals surface area contributed by atoms with E-state index in [1.54, 1.807) is 10.9 Å². The normalized spacial score (nSPS) is 27.8. The number of nitrogens with one attached hydrogen (secondary N) is 2. The first kappa shape index (κ1) is 15.0. The Morgan fingerprint density at radius 1 is 1.43 bits per heavy atom. The van der Waals surface area contributed by atoms with Gasteiger partial charge < -0.3 is 10.6 Å². The molecule has 21 heavy (non-hydrogen) atoms. The van der Waals surface area contributed by atoms with Gasteiger partial charge in [-0.3, -0.25) is 4.79 Å². The summed E-state index contributed by atoms with van der Waals surface area (Å²) < 4.78 is 2.16. The Morgan fingerprint density at radius 3 is 2.81 bits per heavy atom. The van der Waals surface area contributed by atoms with E-state index in [4.69, 9.17) is 0 Å². The Morgan fingerprint density at radius 2 is 2.14 bits per heavy atom. The van der Waals surface area contributed by atoms with Crippen LogP contribution in [0.1, 0.15) is 45.4 Å². The number of rotatable bonds is 5. The molecule has 2 bridgehead atoms. The molecule has 2 aliphatic heterocycles. The molecule has 2 unspecified atom stereocenters. The predicted octanol–water partition coefficient (Wildman–Crippen LogP) is 2.50. The second-order valence-electron chi connectivity index (χ2n) is 6.20. The van der Waals surface area contributed by atoms with E-state index in [1.807, 2.05) is 0 Å². The van der Waals surface area contributed by atoms with E-state index in [0.717, 1.165) is 31.4 Å². The summed E-state index contributed by atoms with van der Waals surface area (Å²) >= 11 is 3.44. The van der Waals surface area contributed by atoms with Crippen molar-refractivity contribution >= 4 is 21.6 Å². The largest absolute Gasteiger partial charge is 0.380 e. The van der Waals surface area contributed by atoms with E-state index in [9.17, 15) is 4.79 Å². The standard InChI is InChI=1S/C15H23BrN4O/c1-2-3-6-20-15(21)14(16)13(9-17-20)19-12-7-10-4-5-11(8-12)18-10/h9-12,18-19H,2-8H2,1H3. The number of halogens is 1. The van der Waals surface area contributed by atoms with Crippen LogP contribution in [0.3, 0.4) is 0 Å². The smallest absolute Gasteiger partial charge is 0.283 e. The lowest BCUT2D eigenvalue weighted by Gasteiger charge is -2.30. The molecule has 1 aromatic rings. The van der Waals surface area contributed by atoms with Crippen molar-refractivity contribution in [3.8, 4) is 0 Å². The molecule has 6 heteroatoms. The van der Waals surface area contributed by atoms with E-state index in [1.165, 1.54) is 12.8 Å². The van der Waals surface area contributed by atoms with Crippen molar-refractivity contribution < 1.29 is 0 Å². The molecule has 2 fully saturated rings. The molecule has 5 nitrogen and oxygen atoms in total. The molecule has 0 aromatic carbocycles. The molecule has 2 atom stereocenters. The molecule has 3 rings (SSSR count). The maximum atomic E-state index is 12.3. The van der Waals surface area contributed by atoms with Crippen molar-refractivity contribution in [1.82, 2.24) is 15.1 Å². The molecule has 0 radical (unpaired) electrons. The fourth-order valence-electron chi connectivity index (χ4n) is 3.43. The SMILES string of the molecule is CCCCn1ncc(NC2CC3CCC(C2)N3)c(Br)c1=O. The highest BCUT2D eigenvalue weighted by atomic mass is 79.9. The summed E-state index contributed by atoms with van der Waals surface area (Å²) in [7, 11) is 0. The van der Waals surface area contributed by atoms with Crippen LogP contribution >= 0.6 is 15.9 Å². The Balaban J connectivity index is 1.71. The zero-order valence-electron chi connectivity index (χ0n) is 12.4. The highest BCUT2D eigenvalue weighted by Crippen LogP contribution is 2.29. The first-order chi connectivity index (χ1) is 10.2. The number of fused-ring (bicyclic) bond motifs is 2. The van der Waals surface area contributed by atoms with Crippen LogP contribution in [0.2, 0.25) is 0 Å². The van der Waals surface area contributed by atoms with Gasteiger partial charge in [0.05, 0.1) is 11.9 Å². The summed E-state index contributed by atoms with van der Waals surface area (Å²) in [5.74, 6) is 0. The van der Waals surface area contributed by atoms with Crippen LogP contribution < -0.4 is 16.2 Å². The van der Waals surface area contributed by atoms with Crippen LogP contribution in [0.5, 0.6) is 0 Å². The minimum Gasteiger partial charge on any atom is -0.380 e. The number of anilines is 1. The minimum absolute atomic E-state index is 0.0367. The van der Waals surface area contributed by atoms with Crippen LogP contribution in [0, 0.1) is 0 Å². The van der Waals surface area contributed by atoms with Crippen molar-refractivity contribution in [1.29, 1.82) is 0 Å². The van der Waals surface area contributed by atoms with Crippen LogP contribution in [-0.2, 0) is 6.54 Å². The number of nitrogens with zero attached hydrogens (tertiary/aromatic N) is 2. The summed E-state index contributed by atoms with van der Waals surface area (Å²) in [5.41, 5.74) is 0.796. The van der Waals surface area contributed by atoms with E-state index >= 15 is 0 Å². The highest BCUT2D eigenvalue weighted by molar-refractivity contribution is 9.10. The van der Waals surface area contributed by atoms with Gasteiger partial charge in [-0.25, -0.2) is 4.68 Å². The summed E-state index contributed by atoms with van der Waals surface area (Å²) in [5, 5.41) is 11.4. The molecule has 2 aliphatic rings. The van der Waals surface area contributed by atoms with Gasteiger partial charge in [0, 0.05) is 24.7 Å². The molecule has 3 heterocycles. The highest BCUT2D eigenvalue weighted by Gasteiger charge is 2.33. The summed E-state index contributed by atoms with van der Waals surface area (Å²) in [4.78, 5) is 12.3. The topological polar surface area (TPSA) is 59.0 Å². The van der Waals surface area contributed by atoms with Crippen molar-refractivity contribution in [3.05, 3.63) is 21.0 Å².